The summed E-state index contributed by atoms with van der Waals surface area (Å²) in [5, 5.41) is 15.3. The van der Waals surface area contributed by atoms with E-state index in [4.69, 9.17) is 4.74 Å². The van der Waals surface area contributed by atoms with E-state index < -0.39 is 29.7 Å². The molecule has 3 N–H and O–H groups in total. The molecule has 2 aromatic carbocycles. The highest BCUT2D eigenvalue weighted by molar-refractivity contribution is 7.80. The van der Waals surface area contributed by atoms with E-state index in [-0.39, 0.29) is 30.0 Å². The lowest BCUT2D eigenvalue weighted by Gasteiger charge is -2.38. The Bertz CT molecular complexity index is 1010. The fourth-order valence-corrected chi connectivity index (χ4v) is 3.83. The molecule has 0 heterocycles. The third kappa shape index (κ3) is 8.48. The molecule has 9 heteroatoms. The number of phenols is 1. The monoisotopic (exact) mass is 515 g/mol. The van der Waals surface area contributed by atoms with Crippen molar-refractivity contribution in [2.24, 2.45) is 0 Å². The van der Waals surface area contributed by atoms with Crippen LogP contribution in [0.4, 0.5) is 4.79 Å². The van der Waals surface area contributed by atoms with Crippen LogP contribution in [0.15, 0.2) is 54.6 Å². The number of carbonyl (C=O) groups excluding carboxylic acids is 3. The highest BCUT2D eigenvalue weighted by atomic mass is 32.1. The average molecular weight is 516 g/mol. The number of amides is 3. The van der Waals surface area contributed by atoms with Crippen molar-refractivity contribution < 1.29 is 24.2 Å². The van der Waals surface area contributed by atoms with E-state index >= 15 is 0 Å². The van der Waals surface area contributed by atoms with E-state index in [0.29, 0.717) is 12.0 Å². The van der Waals surface area contributed by atoms with E-state index in [1.54, 1.807) is 32.9 Å². The van der Waals surface area contributed by atoms with Crippen LogP contribution in [0, 0.1) is 0 Å². The summed E-state index contributed by atoms with van der Waals surface area (Å²) in [7, 11) is 0. The zero-order valence-corrected chi connectivity index (χ0v) is 22.4. The van der Waals surface area contributed by atoms with Crippen molar-refractivity contribution in [2.45, 2.75) is 71.3 Å². The predicted molar refractivity (Wildman–Crippen MR) is 143 cm³/mol. The summed E-state index contributed by atoms with van der Waals surface area (Å²) < 4.78 is 5.32. The van der Waals surface area contributed by atoms with Crippen LogP contribution < -0.4 is 10.6 Å². The number of phenolic OH excluding ortho intramolecular Hbond substituents is 1. The summed E-state index contributed by atoms with van der Waals surface area (Å²) in [6, 6.07) is 13.3. The Morgan fingerprint density at radius 2 is 1.67 bits per heavy atom. The highest BCUT2D eigenvalue weighted by Gasteiger charge is 2.38. The molecule has 0 radical (unpaired) electrons. The Balaban J connectivity index is 2.41. The number of hydrogen-bond donors (Lipinski definition) is 4. The number of nitrogens with one attached hydrogen (secondary N) is 2. The summed E-state index contributed by atoms with van der Waals surface area (Å²) in [4.78, 5) is 41.3. The summed E-state index contributed by atoms with van der Waals surface area (Å²) >= 11 is 4.29. The molecule has 0 bridgehead atoms. The normalized spacial score (nSPS) is 13.7. The fraction of sp³-hybridized carbons (Fsp3) is 0.444. The molecule has 0 aromatic heterocycles. The summed E-state index contributed by atoms with van der Waals surface area (Å²) in [5.74, 6) is -0.783. The molecule has 196 valence electrons. The number of rotatable bonds is 10. The Hall–Kier alpha value is -3.20. The molecule has 2 rings (SSSR count). The second kappa shape index (κ2) is 13.2. The van der Waals surface area contributed by atoms with Crippen LogP contribution in [0.2, 0.25) is 0 Å². The molecule has 0 saturated carbocycles. The number of alkyl carbamates (subject to hydrolysis) is 1. The van der Waals surface area contributed by atoms with Gasteiger partial charge < -0.3 is 25.4 Å². The second-order valence-electron chi connectivity index (χ2n) is 9.58. The molecule has 36 heavy (non-hydrogen) atoms. The molecule has 0 aliphatic rings. The van der Waals surface area contributed by atoms with Gasteiger partial charge in [0.25, 0.3) is 0 Å². The summed E-state index contributed by atoms with van der Waals surface area (Å²) in [6.07, 6.45) is -0.174. The molecule has 0 fully saturated rings. The van der Waals surface area contributed by atoms with Gasteiger partial charge in [-0.15, -0.1) is 0 Å². The number of thiol groups is 1. The second-order valence-corrected chi connectivity index (χ2v) is 9.95. The van der Waals surface area contributed by atoms with Crippen LogP contribution in [0.3, 0.4) is 0 Å². The zero-order valence-electron chi connectivity index (χ0n) is 21.5. The maximum Gasteiger partial charge on any atom is 0.408 e. The van der Waals surface area contributed by atoms with Gasteiger partial charge in [0, 0.05) is 18.3 Å². The zero-order chi connectivity index (χ0) is 26.9. The van der Waals surface area contributed by atoms with Crippen LogP contribution in [-0.4, -0.2) is 51.4 Å². The van der Waals surface area contributed by atoms with E-state index in [0.717, 1.165) is 5.56 Å². The summed E-state index contributed by atoms with van der Waals surface area (Å²) in [6.45, 7) is 9.23. The van der Waals surface area contributed by atoms with Crippen molar-refractivity contribution in [1.29, 1.82) is 0 Å². The van der Waals surface area contributed by atoms with Gasteiger partial charge in [0.2, 0.25) is 11.8 Å². The van der Waals surface area contributed by atoms with Crippen LogP contribution >= 0.6 is 12.6 Å². The minimum Gasteiger partial charge on any atom is -0.508 e. The van der Waals surface area contributed by atoms with E-state index in [1.165, 1.54) is 17.0 Å². The van der Waals surface area contributed by atoms with Gasteiger partial charge in [0.15, 0.2) is 0 Å². The lowest BCUT2D eigenvalue weighted by atomic mass is 10.00. The predicted octanol–water partition coefficient (Wildman–Crippen LogP) is 4.20. The highest BCUT2D eigenvalue weighted by Crippen LogP contribution is 2.28. The minimum absolute atomic E-state index is 0.0128. The molecular weight excluding hydrogens is 478 g/mol. The third-order valence-corrected chi connectivity index (χ3v) is 5.90. The Morgan fingerprint density at radius 3 is 2.19 bits per heavy atom. The fourth-order valence-electron chi connectivity index (χ4n) is 3.59. The van der Waals surface area contributed by atoms with E-state index in [1.807, 2.05) is 44.2 Å². The molecule has 3 unspecified atom stereocenters. The standard InChI is InChI=1S/C27H37N3O5S/c1-6-18(2)30(25(33)22(17-36)29-26(34)35-27(3,4)5)23(20-12-14-21(31)15-13-20)24(32)28-16-19-10-8-7-9-11-19/h7-15,18,22-23,31,36H,6,16-17H2,1-5H3,(H,28,32)(H,29,34). The first-order valence-corrected chi connectivity index (χ1v) is 12.6. The van der Waals surface area contributed by atoms with Gasteiger partial charge in [-0.05, 0) is 57.4 Å². The molecular formula is C27H37N3O5S. The van der Waals surface area contributed by atoms with Gasteiger partial charge in [-0.1, -0.05) is 49.4 Å². The van der Waals surface area contributed by atoms with E-state index in [9.17, 15) is 19.5 Å². The van der Waals surface area contributed by atoms with Gasteiger partial charge in [0.1, 0.15) is 23.4 Å². The maximum atomic E-state index is 13.8. The van der Waals surface area contributed by atoms with Crippen molar-refractivity contribution in [3.8, 4) is 5.75 Å². The third-order valence-electron chi connectivity index (χ3n) is 5.54. The first kappa shape index (κ1) is 29.0. The van der Waals surface area contributed by atoms with Gasteiger partial charge in [-0.3, -0.25) is 9.59 Å². The molecule has 0 aliphatic heterocycles. The largest absolute Gasteiger partial charge is 0.508 e. The van der Waals surface area contributed by atoms with Crippen molar-refractivity contribution in [3.63, 3.8) is 0 Å². The van der Waals surface area contributed by atoms with Crippen LogP contribution in [0.5, 0.6) is 5.75 Å². The Labute approximate surface area is 218 Å². The summed E-state index contributed by atoms with van der Waals surface area (Å²) in [5.41, 5.74) is 0.704. The molecule has 3 atom stereocenters. The average Bonchev–Trinajstić information content (AvgIpc) is 2.83. The molecule has 0 saturated heterocycles. The van der Waals surface area contributed by atoms with Crippen LogP contribution in [0.25, 0.3) is 0 Å². The van der Waals surface area contributed by atoms with Crippen molar-refractivity contribution in [1.82, 2.24) is 15.5 Å². The SMILES string of the molecule is CCC(C)N(C(=O)C(CS)NC(=O)OC(C)(C)C)C(C(=O)NCc1ccccc1)c1ccc(O)cc1. The number of benzene rings is 2. The first-order valence-electron chi connectivity index (χ1n) is 12.0. The molecule has 3 amide bonds. The number of nitrogens with zero attached hydrogens (tertiary/aromatic N) is 1. The lowest BCUT2D eigenvalue weighted by molar-refractivity contribution is -0.144. The van der Waals surface area contributed by atoms with Gasteiger partial charge in [0.05, 0.1) is 0 Å². The lowest BCUT2D eigenvalue weighted by Crippen LogP contribution is -2.56. The van der Waals surface area contributed by atoms with Crippen LogP contribution in [-0.2, 0) is 20.9 Å². The topological polar surface area (TPSA) is 108 Å². The number of hydrogen-bond acceptors (Lipinski definition) is 6. The Kier molecular flexibility index (Phi) is 10.6. The number of aromatic hydroxyl groups is 1. The van der Waals surface area contributed by atoms with Gasteiger partial charge >= 0.3 is 6.09 Å². The molecule has 2 aromatic rings. The van der Waals surface area contributed by atoms with Gasteiger partial charge in [-0.25, -0.2) is 4.79 Å². The molecule has 8 nitrogen and oxygen atoms in total. The van der Waals surface area contributed by atoms with Crippen molar-refractivity contribution >= 4 is 30.5 Å². The number of carbonyl (C=O) groups is 3. The quantitative estimate of drug-likeness (QED) is 0.355. The first-order chi connectivity index (χ1) is 17.0. The molecule has 0 spiro atoms. The van der Waals surface area contributed by atoms with Crippen molar-refractivity contribution in [3.05, 3.63) is 65.7 Å². The van der Waals surface area contributed by atoms with Gasteiger partial charge in [-0.2, -0.15) is 12.6 Å². The van der Waals surface area contributed by atoms with Crippen LogP contribution in [0.1, 0.15) is 58.2 Å². The van der Waals surface area contributed by atoms with Crippen molar-refractivity contribution in [2.75, 3.05) is 5.75 Å². The Morgan fingerprint density at radius 1 is 1.06 bits per heavy atom. The minimum atomic E-state index is -1.02. The number of ether oxygens (including phenoxy) is 1. The van der Waals surface area contributed by atoms with E-state index in [2.05, 4.69) is 23.3 Å². The molecule has 0 aliphatic carbocycles. The maximum absolute atomic E-state index is 13.8. The smallest absolute Gasteiger partial charge is 0.408 e.